The molecule has 3 rings (SSSR count). The highest BCUT2D eigenvalue weighted by Crippen LogP contribution is 2.43. The Hall–Kier alpha value is -0.970. The predicted octanol–water partition coefficient (Wildman–Crippen LogP) is 4.12. The van der Waals surface area contributed by atoms with E-state index in [1.165, 1.54) is 0 Å². The summed E-state index contributed by atoms with van der Waals surface area (Å²) in [5, 5.41) is 11.2. The first-order chi connectivity index (χ1) is 15.1. The topological polar surface area (TPSA) is 74.2 Å². The van der Waals surface area contributed by atoms with E-state index in [2.05, 4.69) is 18.8 Å². The van der Waals surface area contributed by atoms with E-state index in [9.17, 15) is 9.90 Å². The van der Waals surface area contributed by atoms with Crippen molar-refractivity contribution >= 4 is 6.29 Å². The molecule has 0 aromatic carbocycles. The Morgan fingerprint density at radius 3 is 2.52 bits per heavy atom. The third-order valence-electron chi connectivity index (χ3n) is 6.73. The Balaban J connectivity index is 1.63. The van der Waals surface area contributed by atoms with E-state index in [1.807, 2.05) is 0 Å². The third kappa shape index (κ3) is 7.54. The summed E-state index contributed by atoms with van der Waals surface area (Å²) in [4.78, 5) is 11.3. The van der Waals surface area contributed by atoms with Gasteiger partial charge in [-0.1, -0.05) is 12.8 Å². The largest absolute Gasteiger partial charge is 0.389 e. The summed E-state index contributed by atoms with van der Waals surface area (Å²) in [7, 11) is 0. The van der Waals surface area contributed by atoms with Crippen LogP contribution in [0, 0.1) is 17.8 Å². The maximum absolute atomic E-state index is 11.3. The van der Waals surface area contributed by atoms with Gasteiger partial charge in [0.2, 0.25) is 0 Å². The van der Waals surface area contributed by atoms with Crippen LogP contribution in [-0.2, 0) is 23.7 Å². The normalized spacial score (nSPS) is 34.6. The van der Waals surface area contributed by atoms with Crippen LogP contribution in [0.1, 0.15) is 90.4 Å². The highest BCUT2D eigenvalue weighted by molar-refractivity contribution is 5.51. The molecule has 1 aliphatic carbocycles. The van der Waals surface area contributed by atoms with Crippen molar-refractivity contribution in [3.63, 3.8) is 0 Å². The zero-order valence-corrected chi connectivity index (χ0v) is 19.1. The average Bonchev–Trinajstić information content (AvgIpc) is 3.08. The molecule has 0 aromatic rings. The maximum atomic E-state index is 11.3. The van der Waals surface area contributed by atoms with Gasteiger partial charge in [0.1, 0.15) is 12.4 Å². The van der Waals surface area contributed by atoms with Crippen molar-refractivity contribution in [1.82, 2.24) is 0 Å². The summed E-state index contributed by atoms with van der Waals surface area (Å²) < 4.78 is 24.0. The first-order valence-corrected chi connectivity index (χ1v) is 12.3. The number of hydrogen-bond donors (Lipinski definition) is 1. The Labute approximate surface area is 187 Å². The van der Waals surface area contributed by atoms with Crippen LogP contribution in [0.15, 0.2) is 0 Å². The van der Waals surface area contributed by atoms with E-state index in [0.29, 0.717) is 19.3 Å². The molecule has 1 saturated carbocycles. The Morgan fingerprint density at radius 1 is 1.13 bits per heavy atom. The minimum absolute atomic E-state index is 0.108. The van der Waals surface area contributed by atoms with Gasteiger partial charge >= 0.3 is 0 Å². The van der Waals surface area contributed by atoms with Gasteiger partial charge in [-0.3, -0.25) is 0 Å². The molecular weight excluding hydrogens is 396 g/mol. The van der Waals surface area contributed by atoms with E-state index in [-0.39, 0.29) is 37.1 Å². The molecule has 2 aliphatic heterocycles. The van der Waals surface area contributed by atoms with Crippen molar-refractivity contribution < 1.29 is 28.8 Å². The van der Waals surface area contributed by atoms with Crippen LogP contribution in [0.25, 0.3) is 0 Å². The molecule has 6 heteroatoms. The summed E-state index contributed by atoms with van der Waals surface area (Å²) in [5.41, 5.74) is -1.02. The van der Waals surface area contributed by atoms with E-state index in [0.717, 1.165) is 77.3 Å². The van der Waals surface area contributed by atoms with E-state index in [4.69, 9.17) is 18.9 Å². The Kier molecular flexibility index (Phi) is 10.3. The third-order valence-corrected chi connectivity index (χ3v) is 6.73. The second-order valence-corrected chi connectivity index (χ2v) is 9.16. The zero-order valence-electron chi connectivity index (χ0n) is 19.1. The lowest BCUT2D eigenvalue weighted by Crippen LogP contribution is -2.40. The predicted molar refractivity (Wildman–Crippen MR) is 117 cm³/mol. The molecule has 2 heterocycles. The molecule has 3 aliphatic rings. The highest BCUT2D eigenvalue weighted by Gasteiger charge is 2.48. The average molecular weight is 437 g/mol. The lowest BCUT2D eigenvalue weighted by atomic mass is 9.83. The fraction of sp³-hybridized carbons (Fsp3) is 0.880. The van der Waals surface area contributed by atoms with Gasteiger partial charge in [0, 0.05) is 32.0 Å². The van der Waals surface area contributed by atoms with Gasteiger partial charge in [-0.25, -0.2) is 0 Å². The minimum atomic E-state index is -1.02. The van der Waals surface area contributed by atoms with Crippen LogP contribution in [-0.4, -0.2) is 55.0 Å². The molecule has 0 aromatic heterocycles. The van der Waals surface area contributed by atoms with Gasteiger partial charge in [-0.2, -0.15) is 0 Å². The van der Waals surface area contributed by atoms with Crippen molar-refractivity contribution in [3.8, 4) is 11.8 Å². The van der Waals surface area contributed by atoms with Crippen molar-refractivity contribution in [2.24, 2.45) is 5.92 Å². The molecule has 1 N–H and O–H groups in total. The second-order valence-electron chi connectivity index (χ2n) is 9.16. The van der Waals surface area contributed by atoms with E-state index < -0.39 is 5.60 Å². The van der Waals surface area contributed by atoms with Gasteiger partial charge in [0.05, 0.1) is 11.7 Å². The molecule has 176 valence electrons. The van der Waals surface area contributed by atoms with Gasteiger partial charge in [0.15, 0.2) is 12.6 Å². The number of ether oxygens (including phenoxy) is 4. The van der Waals surface area contributed by atoms with Crippen LogP contribution in [0.4, 0.5) is 0 Å². The molecule has 6 atom stereocenters. The monoisotopic (exact) mass is 436 g/mol. The number of hydrogen-bond acceptors (Lipinski definition) is 6. The van der Waals surface area contributed by atoms with E-state index >= 15 is 0 Å². The number of unbranched alkanes of at least 4 members (excludes halogenated alkanes) is 1. The zero-order chi connectivity index (χ0) is 21.9. The van der Waals surface area contributed by atoms with Gasteiger partial charge in [0.25, 0.3) is 0 Å². The molecule has 2 saturated heterocycles. The minimum Gasteiger partial charge on any atom is -0.389 e. The summed E-state index contributed by atoms with van der Waals surface area (Å²) in [6, 6.07) is 0. The fourth-order valence-electron chi connectivity index (χ4n) is 4.97. The maximum Gasteiger partial charge on any atom is 0.159 e. The molecule has 0 radical (unpaired) electrons. The first kappa shape index (κ1) is 24.7. The molecule has 0 bridgehead atoms. The van der Waals surface area contributed by atoms with Crippen molar-refractivity contribution in [3.05, 3.63) is 0 Å². The summed E-state index contributed by atoms with van der Waals surface area (Å²) in [6.07, 6.45) is 10.9. The smallest absolute Gasteiger partial charge is 0.159 e. The first-order valence-electron chi connectivity index (χ1n) is 12.3. The number of aldehydes is 1. The van der Waals surface area contributed by atoms with Crippen LogP contribution in [0.3, 0.4) is 0 Å². The van der Waals surface area contributed by atoms with E-state index in [1.54, 1.807) is 0 Å². The number of aliphatic hydroxyl groups is 1. The lowest BCUT2D eigenvalue weighted by molar-refractivity contribution is -0.203. The quantitative estimate of drug-likeness (QED) is 0.410. The van der Waals surface area contributed by atoms with Crippen molar-refractivity contribution in [1.29, 1.82) is 0 Å². The van der Waals surface area contributed by atoms with Crippen molar-refractivity contribution in [2.45, 2.75) is 121 Å². The number of carbonyl (C=O) groups excluding carboxylic acids is 1. The molecule has 0 amide bonds. The van der Waals surface area contributed by atoms with Crippen LogP contribution in [0.5, 0.6) is 0 Å². The Morgan fingerprint density at radius 2 is 1.87 bits per heavy atom. The lowest BCUT2D eigenvalue weighted by Gasteiger charge is -2.34. The fourth-order valence-corrected chi connectivity index (χ4v) is 4.97. The van der Waals surface area contributed by atoms with Crippen LogP contribution in [0.2, 0.25) is 0 Å². The summed E-state index contributed by atoms with van der Waals surface area (Å²) >= 11 is 0. The standard InChI is InChI=1S/C25H40O6/c1-2-3-4-9-20(30-23-10-5-7-18-28-23)12-13-21-22(14-15-25(21,27)16-17-26)31-24-11-6-8-19-29-24/h17,20-24,27H,2-3,5-8,10-16,18-19H2,1H3/t20?,21-,22+,23?,24?,25-/m0/s1. The van der Waals surface area contributed by atoms with Crippen LogP contribution >= 0.6 is 0 Å². The second kappa shape index (κ2) is 12.9. The molecule has 0 spiro atoms. The SMILES string of the molecule is CCCC#CC(CC[C@H]1[C@H](OC2CCCCO2)CC[C@]1(O)CC=O)OC1CCCCO1. The highest BCUT2D eigenvalue weighted by atomic mass is 16.7. The molecule has 6 nitrogen and oxygen atoms in total. The van der Waals surface area contributed by atoms with Gasteiger partial charge in [-0.15, -0.1) is 5.92 Å². The van der Waals surface area contributed by atoms with Gasteiger partial charge < -0.3 is 28.8 Å². The van der Waals surface area contributed by atoms with Crippen LogP contribution < -0.4 is 0 Å². The van der Waals surface area contributed by atoms with Gasteiger partial charge in [-0.05, 0) is 70.6 Å². The molecule has 3 unspecified atom stereocenters. The molecular formula is C25H40O6. The Bertz CT molecular complexity index is 587. The number of rotatable bonds is 10. The summed E-state index contributed by atoms with van der Waals surface area (Å²) in [6.45, 7) is 3.58. The summed E-state index contributed by atoms with van der Waals surface area (Å²) in [5.74, 6) is 6.37. The van der Waals surface area contributed by atoms with Crippen molar-refractivity contribution in [2.75, 3.05) is 13.2 Å². The molecule has 31 heavy (non-hydrogen) atoms. The number of carbonyl (C=O) groups is 1. The molecule has 3 fully saturated rings.